The maximum Gasteiger partial charge on any atom is 0.320 e. The van der Waals surface area contributed by atoms with Gasteiger partial charge in [-0.25, -0.2) is 15.0 Å². The minimum absolute atomic E-state index is 0.00774. The van der Waals surface area contributed by atoms with Gasteiger partial charge in [0.1, 0.15) is 0 Å². The molecule has 1 aromatic heterocycles. The fourth-order valence-corrected chi connectivity index (χ4v) is 7.75. The van der Waals surface area contributed by atoms with E-state index in [9.17, 15) is 0 Å². The molecular weight excluding hydrogens is 655 g/mol. The largest absolute Gasteiger partial charge is 0.382 e. The number of fused-ring (bicyclic) bond motifs is 6. The van der Waals surface area contributed by atoms with Crippen LogP contribution in [0.2, 0.25) is 0 Å². The monoisotopic (exact) mass is 688 g/mol. The van der Waals surface area contributed by atoms with Gasteiger partial charge in [-0.05, 0) is 62.6 Å². The Hall–Kier alpha value is -7.11. The van der Waals surface area contributed by atoms with Gasteiger partial charge in [-0.15, -0.1) is 0 Å². The van der Waals surface area contributed by atoms with E-state index in [4.69, 9.17) is 15.0 Å². The maximum atomic E-state index is 5.14. The first kappa shape index (κ1) is 31.6. The van der Waals surface area contributed by atoms with E-state index in [1.165, 1.54) is 38.8 Å². The summed E-state index contributed by atoms with van der Waals surface area (Å²) >= 11 is 0. The predicted octanol–water partition coefficient (Wildman–Crippen LogP) is 11.0. The number of nitrogens with zero attached hydrogens (tertiary/aromatic N) is 4. The van der Waals surface area contributed by atoms with Crippen molar-refractivity contribution in [2.45, 2.75) is 0 Å². The van der Waals surface area contributed by atoms with Crippen LogP contribution < -0.4 is 10.3 Å². The Morgan fingerprint density at radius 1 is 0.389 bits per heavy atom. The Morgan fingerprint density at radius 2 is 0.889 bits per heavy atom. The topological polar surface area (TPSA) is 41.9 Å². The molecule has 0 N–H and O–H groups in total. The van der Waals surface area contributed by atoms with Crippen LogP contribution in [0, 0.1) is 0 Å². The summed E-state index contributed by atoms with van der Waals surface area (Å²) < 4.78 is 0. The Labute approximate surface area is 315 Å². The molecule has 10 rings (SSSR count). The second-order valence-corrected chi connectivity index (χ2v) is 13.6. The van der Waals surface area contributed by atoms with Crippen LogP contribution in [0.15, 0.2) is 200 Å². The molecule has 0 fully saturated rings. The van der Waals surface area contributed by atoms with E-state index in [1.54, 1.807) is 0 Å². The highest BCUT2D eigenvalue weighted by atomic mass is 15.1. The SMILES string of the molecule is C1=CC(c2nc(-c3ccccc3)nc(-c3cccc(-c4ccccc4)c3)n2)=CN2B1c1cccc(-c3cccc(-c4ccccc4)c3)c1-c1ccccc12. The minimum atomic E-state index is 0.00774. The highest BCUT2D eigenvalue weighted by Crippen LogP contribution is 2.43. The van der Waals surface area contributed by atoms with Crippen LogP contribution >= 0.6 is 0 Å². The van der Waals surface area contributed by atoms with Gasteiger partial charge in [0.2, 0.25) is 0 Å². The summed E-state index contributed by atoms with van der Waals surface area (Å²) in [6.45, 7) is 0.00774. The van der Waals surface area contributed by atoms with Crippen LogP contribution in [-0.4, -0.2) is 21.8 Å². The lowest BCUT2D eigenvalue weighted by Gasteiger charge is -2.38. The van der Waals surface area contributed by atoms with Gasteiger partial charge < -0.3 is 4.81 Å². The average molecular weight is 689 g/mol. The molecule has 0 saturated heterocycles. The molecule has 4 nitrogen and oxygen atoms in total. The average Bonchev–Trinajstić information content (AvgIpc) is 3.27. The molecule has 252 valence electrons. The van der Waals surface area contributed by atoms with Gasteiger partial charge >= 0.3 is 6.85 Å². The van der Waals surface area contributed by atoms with E-state index in [0.717, 1.165) is 33.5 Å². The molecule has 0 saturated carbocycles. The first-order valence-electron chi connectivity index (χ1n) is 18.3. The number of aromatic nitrogens is 3. The lowest BCUT2D eigenvalue weighted by atomic mass is 9.49. The summed E-state index contributed by atoms with van der Waals surface area (Å²) in [4.78, 5) is 17.6. The van der Waals surface area contributed by atoms with Gasteiger partial charge in [0.05, 0.1) is 0 Å². The molecule has 0 atom stereocenters. The zero-order valence-corrected chi connectivity index (χ0v) is 29.4. The van der Waals surface area contributed by atoms with Crippen molar-refractivity contribution in [1.29, 1.82) is 0 Å². The lowest BCUT2D eigenvalue weighted by molar-refractivity contribution is 1.04. The van der Waals surface area contributed by atoms with Crippen molar-refractivity contribution in [3.8, 4) is 67.3 Å². The predicted molar refractivity (Wildman–Crippen MR) is 224 cm³/mol. The third-order valence-corrected chi connectivity index (χ3v) is 10.3. The van der Waals surface area contributed by atoms with Crippen molar-refractivity contribution in [2.75, 3.05) is 4.81 Å². The van der Waals surface area contributed by atoms with Crippen molar-refractivity contribution < 1.29 is 0 Å². The first-order chi connectivity index (χ1) is 26.8. The van der Waals surface area contributed by atoms with Gasteiger partial charge in [-0.3, -0.25) is 0 Å². The fraction of sp³-hybridized carbons (Fsp3) is 0. The van der Waals surface area contributed by atoms with Crippen molar-refractivity contribution >= 4 is 23.6 Å². The highest BCUT2D eigenvalue weighted by molar-refractivity contribution is 6.84. The zero-order chi connectivity index (χ0) is 35.8. The molecule has 2 aliphatic heterocycles. The van der Waals surface area contributed by atoms with E-state index < -0.39 is 0 Å². The molecule has 0 unspecified atom stereocenters. The minimum Gasteiger partial charge on any atom is -0.382 e. The van der Waals surface area contributed by atoms with Crippen molar-refractivity contribution in [2.24, 2.45) is 0 Å². The molecular formula is C49H33BN4. The van der Waals surface area contributed by atoms with Gasteiger partial charge in [0.15, 0.2) is 17.5 Å². The standard InChI is InChI=1S/C49H33BN4/c1-4-15-34(16-5-1)37-21-12-23-39(31-37)42-26-14-27-44-46(42)43-25-10-11-28-45(43)54-33-41(29-30-50(44)54)49-52-47(36-19-8-3-9-20-36)51-48(53-49)40-24-13-22-38(32-40)35-17-6-2-7-18-35/h1-33H. The third-order valence-electron chi connectivity index (χ3n) is 10.3. The van der Waals surface area contributed by atoms with Gasteiger partial charge in [0, 0.05) is 34.2 Å². The van der Waals surface area contributed by atoms with Crippen LogP contribution in [0.25, 0.3) is 72.9 Å². The van der Waals surface area contributed by atoms with Gasteiger partial charge in [-0.1, -0.05) is 176 Å². The zero-order valence-electron chi connectivity index (χ0n) is 29.4. The molecule has 0 radical (unpaired) electrons. The quantitative estimate of drug-likeness (QED) is 0.163. The van der Waals surface area contributed by atoms with Crippen LogP contribution in [0.4, 0.5) is 5.69 Å². The van der Waals surface area contributed by atoms with Crippen LogP contribution in [0.1, 0.15) is 5.82 Å². The normalized spacial score (nSPS) is 12.8. The number of hydrogen-bond donors (Lipinski definition) is 0. The second kappa shape index (κ2) is 13.5. The van der Waals surface area contributed by atoms with Crippen molar-refractivity contribution in [1.82, 2.24) is 15.0 Å². The summed E-state index contributed by atoms with van der Waals surface area (Å²) in [5.41, 5.74) is 14.8. The number of benzene rings is 7. The van der Waals surface area contributed by atoms with Crippen LogP contribution in [0.3, 0.4) is 0 Å². The molecule has 0 bridgehead atoms. The molecule has 5 heteroatoms. The van der Waals surface area contributed by atoms with Crippen molar-refractivity contribution in [3.05, 3.63) is 206 Å². The summed E-state index contributed by atoms with van der Waals surface area (Å²) in [5, 5.41) is 0. The van der Waals surface area contributed by atoms with E-state index in [2.05, 4.69) is 181 Å². The molecule has 0 amide bonds. The van der Waals surface area contributed by atoms with Gasteiger partial charge in [0.25, 0.3) is 0 Å². The van der Waals surface area contributed by atoms with E-state index in [-0.39, 0.29) is 6.85 Å². The van der Waals surface area contributed by atoms with Gasteiger partial charge in [-0.2, -0.15) is 0 Å². The number of anilines is 1. The Morgan fingerprint density at radius 3 is 1.59 bits per heavy atom. The molecule has 3 heterocycles. The molecule has 0 aliphatic carbocycles. The Bertz CT molecular complexity index is 2720. The summed E-state index contributed by atoms with van der Waals surface area (Å²) in [6.07, 6.45) is 4.39. The molecule has 7 aromatic carbocycles. The molecule has 8 aromatic rings. The third kappa shape index (κ3) is 5.73. The molecule has 0 spiro atoms. The van der Waals surface area contributed by atoms with E-state index in [1.807, 2.05) is 24.3 Å². The smallest absolute Gasteiger partial charge is 0.320 e. The van der Waals surface area contributed by atoms with Crippen LogP contribution in [-0.2, 0) is 0 Å². The van der Waals surface area contributed by atoms with E-state index in [0.29, 0.717) is 17.5 Å². The summed E-state index contributed by atoms with van der Waals surface area (Å²) in [6, 6.07) is 63.9. The molecule has 2 aliphatic rings. The number of rotatable bonds is 6. The lowest BCUT2D eigenvalue weighted by Crippen LogP contribution is -2.49. The second-order valence-electron chi connectivity index (χ2n) is 13.6. The Kier molecular flexibility index (Phi) is 7.88. The molecule has 54 heavy (non-hydrogen) atoms. The Balaban J connectivity index is 1.08. The van der Waals surface area contributed by atoms with Crippen molar-refractivity contribution in [3.63, 3.8) is 0 Å². The fourth-order valence-electron chi connectivity index (χ4n) is 7.75. The highest BCUT2D eigenvalue weighted by Gasteiger charge is 2.35. The van der Waals surface area contributed by atoms with E-state index >= 15 is 0 Å². The number of para-hydroxylation sites is 1. The number of hydrogen-bond acceptors (Lipinski definition) is 4. The summed E-state index contributed by atoms with van der Waals surface area (Å²) in [5.74, 6) is 4.20. The first-order valence-corrected chi connectivity index (χ1v) is 18.3. The summed E-state index contributed by atoms with van der Waals surface area (Å²) in [7, 11) is 0. The number of allylic oxidation sites excluding steroid dienone is 2. The van der Waals surface area contributed by atoms with Crippen LogP contribution in [0.5, 0.6) is 0 Å². The maximum absolute atomic E-state index is 5.14.